The first-order valence-corrected chi connectivity index (χ1v) is 17.2. The number of aliphatic imine (C=N–C) groups is 1. The average Bonchev–Trinajstić information content (AvgIpc) is 3.39. The number of amides is 2. The molecule has 2 fully saturated rings. The van der Waals surface area contributed by atoms with E-state index in [0.29, 0.717) is 27.4 Å². The van der Waals surface area contributed by atoms with Gasteiger partial charge in [0.1, 0.15) is 17.4 Å². The van der Waals surface area contributed by atoms with Crippen molar-refractivity contribution in [3.63, 3.8) is 0 Å². The molecular formula is C32H34ClN3O6S2. The fourth-order valence-corrected chi connectivity index (χ4v) is 9.17. The Balaban J connectivity index is 1.53. The molecule has 2 heterocycles. The van der Waals surface area contributed by atoms with Crippen molar-refractivity contribution in [3.05, 3.63) is 88.9 Å². The lowest BCUT2D eigenvalue weighted by molar-refractivity contribution is -0.119. The summed E-state index contributed by atoms with van der Waals surface area (Å²) in [4.78, 5) is 32.8. The molecule has 12 heteroatoms. The smallest absolute Gasteiger partial charge is 0.408 e. The van der Waals surface area contributed by atoms with Crippen LogP contribution in [0.15, 0.2) is 77.8 Å². The predicted molar refractivity (Wildman–Crippen MR) is 175 cm³/mol. The van der Waals surface area contributed by atoms with E-state index in [2.05, 4.69) is 10.3 Å². The summed E-state index contributed by atoms with van der Waals surface area (Å²) in [6.07, 6.45) is -0.560. The second-order valence-electron chi connectivity index (χ2n) is 11.8. The Hall–Kier alpha value is -3.54. The summed E-state index contributed by atoms with van der Waals surface area (Å²) >= 11 is 7.68. The molecule has 2 saturated heterocycles. The van der Waals surface area contributed by atoms with E-state index in [1.165, 1.54) is 11.8 Å². The molecule has 3 aromatic carbocycles. The highest BCUT2D eigenvalue weighted by atomic mass is 35.5. The SMILES string of the molecule is Cc1cccc(Oc2ccc(Cl)cc2N2C(=NC(=O)[C@H](Cc3ccccc3)NC(=O)OC(C)(C)C)S[C@@H]3CS(=O)(=O)C[C@H]32)c1. The van der Waals surface area contributed by atoms with Crippen molar-refractivity contribution in [2.24, 2.45) is 4.99 Å². The highest BCUT2D eigenvalue weighted by Gasteiger charge is 2.50. The number of rotatable bonds is 7. The van der Waals surface area contributed by atoms with E-state index in [4.69, 9.17) is 21.1 Å². The quantitative estimate of drug-likeness (QED) is 0.321. The van der Waals surface area contributed by atoms with Gasteiger partial charge in [-0.3, -0.25) is 4.79 Å². The molecule has 0 aromatic heterocycles. The van der Waals surface area contributed by atoms with Gasteiger partial charge in [-0.25, -0.2) is 13.2 Å². The third-order valence-corrected chi connectivity index (χ3v) is 10.4. The lowest BCUT2D eigenvalue weighted by atomic mass is 10.1. The van der Waals surface area contributed by atoms with Gasteiger partial charge in [-0.15, -0.1) is 0 Å². The third-order valence-electron chi connectivity index (χ3n) is 6.94. The van der Waals surface area contributed by atoms with Crippen molar-refractivity contribution in [2.75, 3.05) is 16.4 Å². The van der Waals surface area contributed by atoms with Crippen LogP contribution >= 0.6 is 23.4 Å². The van der Waals surface area contributed by atoms with E-state index >= 15 is 0 Å². The summed E-state index contributed by atoms with van der Waals surface area (Å²) in [6.45, 7) is 7.17. The molecule has 0 radical (unpaired) electrons. The minimum Gasteiger partial charge on any atom is -0.455 e. The van der Waals surface area contributed by atoms with Crippen LogP contribution in [0, 0.1) is 6.92 Å². The van der Waals surface area contributed by atoms with E-state index in [9.17, 15) is 18.0 Å². The van der Waals surface area contributed by atoms with Gasteiger partial charge in [0.05, 0.1) is 23.2 Å². The van der Waals surface area contributed by atoms with Crippen molar-refractivity contribution < 1.29 is 27.5 Å². The van der Waals surface area contributed by atoms with Crippen LogP contribution < -0.4 is 15.0 Å². The molecule has 0 unspecified atom stereocenters. The number of aryl methyl sites for hydroxylation is 1. The van der Waals surface area contributed by atoms with Gasteiger partial charge >= 0.3 is 6.09 Å². The van der Waals surface area contributed by atoms with Crippen molar-refractivity contribution in [1.82, 2.24) is 5.32 Å². The zero-order valence-electron chi connectivity index (χ0n) is 24.8. The first kappa shape index (κ1) is 31.9. The summed E-state index contributed by atoms with van der Waals surface area (Å²) in [5.41, 5.74) is 1.55. The molecule has 2 aliphatic rings. The average molecular weight is 656 g/mol. The summed E-state index contributed by atoms with van der Waals surface area (Å²) < 4.78 is 37.1. The number of carbonyl (C=O) groups excluding carboxylic acids is 2. The summed E-state index contributed by atoms with van der Waals surface area (Å²) in [7, 11) is -3.33. The molecule has 0 aliphatic carbocycles. The number of carbonyl (C=O) groups is 2. The van der Waals surface area contributed by atoms with Gasteiger partial charge < -0.3 is 19.7 Å². The molecule has 2 aliphatic heterocycles. The minimum atomic E-state index is -3.33. The molecule has 1 N–H and O–H groups in total. The standard InChI is InChI=1S/C32H34ClN3O6S2/c1-20-9-8-12-23(15-20)41-27-14-13-22(33)17-25(27)36-26-18-44(39,40)19-28(26)43-30(36)35-29(37)24(16-21-10-6-5-7-11-21)34-31(38)42-32(2,3)4/h5-15,17,24,26,28H,16,18-19H2,1-4H3,(H,34,38)/t24-,26+,28+/m0/s1. The molecule has 2 amide bonds. The van der Waals surface area contributed by atoms with Crippen LogP contribution in [0.4, 0.5) is 10.5 Å². The lowest BCUT2D eigenvalue weighted by Crippen LogP contribution is -2.45. The first-order chi connectivity index (χ1) is 20.8. The lowest BCUT2D eigenvalue weighted by Gasteiger charge is -2.27. The van der Waals surface area contributed by atoms with Gasteiger partial charge in [-0.05, 0) is 69.2 Å². The van der Waals surface area contributed by atoms with Gasteiger partial charge in [-0.2, -0.15) is 4.99 Å². The van der Waals surface area contributed by atoms with Crippen molar-refractivity contribution in [2.45, 2.75) is 57.1 Å². The van der Waals surface area contributed by atoms with Gasteiger partial charge in [0, 0.05) is 16.7 Å². The van der Waals surface area contributed by atoms with Gasteiger partial charge in [0.25, 0.3) is 5.91 Å². The van der Waals surface area contributed by atoms with Crippen LogP contribution in [0.5, 0.6) is 11.5 Å². The van der Waals surface area contributed by atoms with Crippen LogP contribution in [0.2, 0.25) is 5.02 Å². The normalized spacial score (nSPS) is 20.7. The molecule has 232 valence electrons. The molecule has 9 nitrogen and oxygen atoms in total. The summed E-state index contributed by atoms with van der Waals surface area (Å²) in [5, 5.41) is 3.04. The van der Waals surface area contributed by atoms with Gasteiger partial charge in [0.15, 0.2) is 20.8 Å². The summed E-state index contributed by atoms with van der Waals surface area (Å²) in [6, 6.07) is 20.4. The summed E-state index contributed by atoms with van der Waals surface area (Å²) in [5.74, 6) is 0.258. The van der Waals surface area contributed by atoms with E-state index in [-0.39, 0.29) is 23.2 Å². The molecule has 0 saturated carbocycles. The van der Waals surface area contributed by atoms with E-state index in [0.717, 1.165) is 11.1 Å². The Bertz CT molecular complexity index is 1690. The molecular weight excluding hydrogens is 622 g/mol. The Kier molecular flexibility index (Phi) is 9.29. The third kappa shape index (κ3) is 7.94. The predicted octanol–water partition coefficient (Wildman–Crippen LogP) is 6.18. The number of ether oxygens (including phenoxy) is 2. The van der Waals surface area contributed by atoms with Crippen LogP contribution in [0.3, 0.4) is 0 Å². The number of anilines is 1. The number of amidine groups is 1. The topological polar surface area (TPSA) is 114 Å². The minimum absolute atomic E-state index is 0.0513. The number of sulfone groups is 1. The maximum Gasteiger partial charge on any atom is 0.408 e. The number of hydrogen-bond donors (Lipinski definition) is 1. The van der Waals surface area contributed by atoms with Crippen molar-refractivity contribution in [3.8, 4) is 11.5 Å². The van der Waals surface area contributed by atoms with Crippen molar-refractivity contribution >= 4 is 56.1 Å². The van der Waals surface area contributed by atoms with Crippen LogP contribution in [0.1, 0.15) is 31.9 Å². The first-order valence-electron chi connectivity index (χ1n) is 14.1. The number of fused-ring (bicyclic) bond motifs is 1. The molecule has 44 heavy (non-hydrogen) atoms. The fourth-order valence-electron chi connectivity index (χ4n) is 5.09. The zero-order valence-corrected chi connectivity index (χ0v) is 27.2. The van der Waals surface area contributed by atoms with Gasteiger partial charge in [-0.1, -0.05) is 65.8 Å². The molecule has 3 atom stereocenters. The highest BCUT2D eigenvalue weighted by molar-refractivity contribution is 8.16. The Morgan fingerprint density at radius 2 is 1.82 bits per heavy atom. The molecule has 0 bridgehead atoms. The second kappa shape index (κ2) is 12.8. The second-order valence-corrected chi connectivity index (χ2v) is 15.6. The maximum atomic E-state index is 13.8. The number of halogens is 1. The van der Waals surface area contributed by atoms with E-state index in [1.54, 1.807) is 43.9 Å². The number of hydrogen-bond acceptors (Lipinski definition) is 7. The largest absolute Gasteiger partial charge is 0.455 e. The van der Waals surface area contributed by atoms with Gasteiger partial charge in [0.2, 0.25) is 0 Å². The fraction of sp³-hybridized carbons (Fsp3) is 0.344. The maximum absolute atomic E-state index is 13.8. The zero-order chi connectivity index (χ0) is 31.6. The van der Waals surface area contributed by atoms with E-state index < -0.39 is 39.5 Å². The number of thioether (sulfide) groups is 1. The number of nitrogens with one attached hydrogen (secondary N) is 1. The number of alkyl carbamates (subject to hydrolysis) is 1. The van der Waals surface area contributed by atoms with Crippen LogP contribution in [0.25, 0.3) is 0 Å². The Morgan fingerprint density at radius 1 is 1.07 bits per heavy atom. The van der Waals surface area contributed by atoms with Crippen LogP contribution in [-0.2, 0) is 25.8 Å². The Morgan fingerprint density at radius 3 is 2.52 bits per heavy atom. The number of benzene rings is 3. The van der Waals surface area contributed by atoms with Crippen LogP contribution in [-0.4, -0.2) is 60.0 Å². The molecule has 0 spiro atoms. The molecule has 3 aromatic rings. The van der Waals surface area contributed by atoms with Crippen molar-refractivity contribution in [1.29, 1.82) is 0 Å². The molecule has 5 rings (SSSR count). The van der Waals surface area contributed by atoms with E-state index in [1.807, 2.05) is 61.5 Å². The monoisotopic (exact) mass is 655 g/mol. The number of nitrogens with zero attached hydrogens (tertiary/aromatic N) is 2. The highest BCUT2D eigenvalue weighted by Crippen LogP contribution is 2.45. The Labute approximate surface area is 266 Å².